The molecule has 0 N–H and O–H groups in total. The fourth-order valence-corrected chi connectivity index (χ4v) is 2.70. The standard InChI is InChI=1S/C21H14BrNO4/c1-25-19-12-14(11-16(13-23)15-5-3-2-4-6-15)7-8-17(19)27-21(24)18-9-10-20(22)26-18/h2-12H,1H3/b16-11-. The zero-order chi connectivity index (χ0) is 19.2. The second kappa shape index (κ2) is 8.39. The molecule has 0 radical (unpaired) electrons. The van der Waals surface area contributed by atoms with E-state index in [1.54, 1.807) is 30.3 Å². The largest absolute Gasteiger partial charge is 0.493 e. The molecule has 27 heavy (non-hydrogen) atoms. The number of hydrogen-bond donors (Lipinski definition) is 0. The predicted molar refractivity (Wildman–Crippen MR) is 104 cm³/mol. The first-order valence-corrected chi connectivity index (χ1v) is 8.73. The quantitative estimate of drug-likeness (QED) is 0.240. The van der Waals surface area contributed by atoms with Gasteiger partial charge in [-0.3, -0.25) is 0 Å². The summed E-state index contributed by atoms with van der Waals surface area (Å²) in [4.78, 5) is 12.1. The summed E-state index contributed by atoms with van der Waals surface area (Å²) < 4.78 is 16.3. The Balaban J connectivity index is 1.87. The van der Waals surface area contributed by atoms with Gasteiger partial charge in [-0.05, 0) is 57.4 Å². The van der Waals surface area contributed by atoms with Crippen molar-refractivity contribution in [3.8, 4) is 17.6 Å². The molecule has 0 aliphatic rings. The SMILES string of the molecule is COc1cc(/C=C(/C#N)c2ccccc2)ccc1OC(=O)c1ccc(Br)o1. The van der Waals surface area contributed by atoms with Gasteiger partial charge in [-0.1, -0.05) is 36.4 Å². The number of ether oxygens (including phenoxy) is 2. The number of allylic oxidation sites excluding steroid dienone is 1. The Hall–Kier alpha value is -3.30. The van der Waals surface area contributed by atoms with Crippen LogP contribution in [-0.4, -0.2) is 13.1 Å². The monoisotopic (exact) mass is 423 g/mol. The Kier molecular flexibility index (Phi) is 5.74. The van der Waals surface area contributed by atoms with Gasteiger partial charge in [0.15, 0.2) is 16.2 Å². The molecule has 5 nitrogen and oxygen atoms in total. The summed E-state index contributed by atoms with van der Waals surface area (Å²) in [7, 11) is 1.48. The minimum Gasteiger partial charge on any atom is -0.493 e. The predicted octanol–water partition coefficient (Wildman–Crippen LogP) is 5.33. The summed E-state index contributed by atoms with van der Waals surface area (Å²) in [5.41, 5.74) is 2.08. The lowest BCUT2D eigenvalue weighted by Crippen LogP contribution is -2.08. The first kappa shape index (κ1) is 18.5. The maximum atomic E-state index is 12.1. The Bertz CT molecular complexity index is 1030. The molecule has 0 aliphatic heterocycles. The highest BCUT2D eigenvalue weighted by molar-refractivity contribution is 9.10. The van der Waals surface area contributed by atoms with Gasteiger partial charge in [0.2, 0.25) is 5.76 Å². The average molecular weight is 424 g/mol. The zero-order valence-electron chi connectivity index (χ0n) is 14.3. The van der Waals surface area contributed by atoms with Crippen LogP contribution in [0, 0.1) is 11.3 Å². The highest BCUT2D eigenvalue weighted by Gasteiger charge is 2.16. The van der Waals surface area contributed by atoms with Gasteiger partial charge in [0.25, 0.3) is 0 Å². The molecule has 6 heteroatoms. The summed E-state index contributed by atoms with van der Waals surface area (Å²) in [6, 6.07) is 19.7. The molecule has 3 rings (SSSR count). The molecule has 0 amide bonds. The van der Waals surface area contributed by atoms with Gasteiger partial charge in [-0.15, -0.1) is 0 Å². The molecule has 0 aliphatic carbocycles. The smallest absolute Gasteiger partial charge is 0.379 e. The number of nitriles is 1. The van der Waals surface area contributed by atoms with E-state index < -0.39 is 5.97 Å². The lowest BCUT2D eigenvalue weighted by molar-refractivity contribution is 0.0695. The molecule has 0 fully saturated rings. The molecular formula is C21H14BrNO4. The lowest BCUT2D eigenvalue weighted by atomic mass is 10.0. The fourth-order valence-electron chi connectivity index (χ4n) is 2.40. The molecule has 0 unspecified atom stereocenters. The van der Waals surface area contributed by atoms with Crippen molar-refractivity contribution >= 4 is 33.5 Å². The number of carbonyl (C=O) groups is 1. The number of halogens is 1. The third-order valence-electron chi connectivity index (χ3n) is 3.68. The Morgan fingerprint density at radius 3 is 2.52 bits per heavy atom. The normalized spacial score (nSPS) is 10.9. The van der Waals surface area contributed by atoms with Crippen LogP contribution in [0.15, 0.2) is 69.8 Å². The van der Waals surface area contributed by atoms with E-state index >= 15 is 0 Å². The minimum atomic E-state index is -0.635. The van der Waals surface area contributed by atoms with Crippen molar-refractivity contribution < 1.29 is 18.7 Å². The molecular weight excluding hydrogens is 410 g/mol. The van der Waals surface area contributed by atoms with Crippen LogP contribution in [0.1, 0.15) is 21.7 Å². The summed E-state index contributed by atoms with van der Waals surface area (Å²) in [6.45, 7) is 0. The first-order chi connectivity index (χ1) is 13.1. The number of furan rings is 1. The average Bonchev–Trinajstić information content (AvgIpc) is 3.14. The van der Waals surface area contributed by atoms with E-state index in [9.17, 15) is 10.1 Å². The molecule has 2 aromatic carbocycles. The maximum absolute atomic E-state index is 12.1. The van der Waals surface area contributed by atoms with E-state index in [1.165, 1.54) is 13.2 Å². The Morgan fingerprint density at radius 1 is 1.11 bits per heavy atom. The van der Waals surface area contributed by atoms with Gasteiger partial charge in [0, 0.05) is 0 Å². The van der Waals surface area contributed by atoms with Crippen LogP contribution in [0.4, 0.5) is 0 Å². The maximum Gasteiger partial charge on any atom is 0.379 e. The number of carbonyl (C=O) groups excluding carboxylic acids is 1. The molecule has 3 aromatic rings. The van der Waals surface area contributed by atoms with Crippen molar-refractivity contribution in [1.29, 1.82) is 5.26 Å². The third kappa shape index (κ3) is 4.46. The van der Waals surface area contributed by atoms with Gasteiger partial charge >= 0.3 is 5.97 Å². The molecule has 1 aromatic heterocycles. The van der Waals surface area contributed by atoms with Crippen LogP contribution in [-0.2, 0) is 0 Å². The second-order valence-corrected chi connectivity index (χ2v) is 6.22. The van der Waals surface area contributed by atoms with Crippen molar-refractivity contribution in [3.63, 3.8) is 0 Å². The molecule has 0 atom stereocenters. The van der Waals surface area contributed by atoms with Crippen molar-refractivity contribution in [1.82, 2.24) is 0 Å². The van der Waals surface area contributed by atoms with Gasteiger partial charge in [0.1, 0.15) is 0 Å². The second-order valence-electron chi connectivity index (χ2n) is 5.44. The van der Waals surface area contributed by atoms with E-state index in [0.29, 0.717) is 16.0 Å². The van der Waals surface area contributed by atoms with Crippen LogP contribution < -0.4 is 9.47 Å². The molecule has 0 spiro atoms. The van der Waals surface area contributed by atoms with Crippen LogP contribution in [0.2, 0.25) is 0 Å². The van der Waals surface area contributed by atoms with Crippen LogP contribution in [0.5, 0.6) is 11.5 Å². The number of benzene rings is 2. The van der Waals surface area contributed by atoms with Crippen molar-refractivity contribution in [2.75, 3.05) is 7.11 Å². The molecule has 1 heterocycles. The number of methoxy groups -OCH3 is 1. The number of esters is 1. The first-order valence-electron chi connectivity index (χ1n) is 7.93. The Morgan fingerprint density at radius 2 is 1.89 bits per heavy atom. The van der Waals surface area contributed by atoms with Crippen LogP contribution >= 0.6 is 15.9 Å². The lowest BCUT2D eigenvalue weighted by Gasteiger charge is -2.09. The zero-order valence-corrected chi connectivity index (χ0v) is 15.9. The number of rotatable bonds is 5. The summed E-state index contributed by atoms with van der Waals surface area (Å²) >= 11 is 3.14. The van der Waals surface area contributed by atoms with Crippen LogP contribution in [0.25, 0.3) is 11.6 Å². The summed E-state index contributed by atoms with van der Waals surface area (Å²) in [5.74, 6) is 0.0616. The molecule has 0 saturated heterocycles. The number of hydrogen-bond acceptors (Lipinski definition) is 5. The third-order valence-corrected chi connectivity index (χ3v) is 4.11. The van der Waals surface area contributed by atoms with Gasteiger partial charge in [-0.25, -0.2) is 4.79 Å². The molecule has 0 saturated carbocycles. The van der Waals surface area contributed by atoms with Crippen molar-refractivity contribution in [3.05, 3.63) is 82.2 Å². The van der Waals surface area contributed by atoms with Gasteiger partial charge < -0.3 is 13.9 Å². The highest BCUT2D eigenvalue weighted by Crippen LogP contribution is 2.31. The Labute approximate surface area is 164 Å². The van der Waals surface area contributed by atoms with E-state index in [2.05, 4.69) is 22.0 Å². The van der Waals surface area contributed by atoms with Gasteiger partial charge in [0.05, 0.1) is 18.8 Å². The van der Waals surface area contributed by atoms with E-state index in [0.717, 1.165) is 11.1 Å². The van der Waals surface area contributed by atoms with Crippen molar-refractivity contribution in [2.45, 2.75) is 0 Å². The van der Waals surface area contributed by atoms with Crippen LogP contribution in [0.3, 0.4) is 0 Å². The van der Waals surface area contributed by atoms with Crippen molar-refractivity contribution in [2.24, 2.45) is 0 Å². The molecule has 134 valence electrons. The minimum absolute atomic E-state index is 0.0729. The fraction of sp³-hybridized carbons (Fsp3) is 0.0476. The molecule has 0 bridgehead atoms. The summed E-state index contributed by atoms with van der Waals surface area (Å²) in [6.07, 6.45) is 1.74. The van der Waals surface area contributed by atoms with E-state index in [-0.39, 0.29) is 11.5 Å². The number of nitrogens with zero attached hydrogens (tertiary/aromatic N) is 1. The topological polar surface area (TPSA) is 72.5 Å². The highest BCUT2D eigenvalue weighted by atomic mass is 79.9. The van der Waals surface area contributed by atoms with Gasteiger partial charge in [-0.2, -0.15) is 5.26 Å². The van der Waals surface area contributed by atoms with E-state index in [1.807, 2.05) is 30.3 Å². The van der Waals surface area contributed by atoms with E-state index in [4.69, 9.17) is 13.9 Å². The summed E-state index contributed by atoms with van der Waals surface area (Å²) in [5, 5.41) is 9.44.